The second kappa shape index (κ2) is 5.46. The van der Waals surface area contributed by atoms with Crippen LogP contribution in [0.3, 0.4) is 0 Å². The lowest BCUT2D eigenvalue weighted by atomic mass is 10.1. The van der Waals surface area contributed by atoms with Gasteiger partial charge in [-0.25, -0.2) is 9.97 Å². The minimum absolute atomic E-state index is 0.515. The third kappa shape index (κ3) is 2.83. The van der Waals surface area contributed by atoms with E-state index in [4.69, 9.17) is 16.3 Å². The molecule has 2 rings (SSSR count). The Bertz CT molecular complexity index is 353. The zero-order valence-electron chi connectivity index (χ0n) is 9.37. The molecule has 1 saturated heterocycles. The summed E-state index contributed by atoms with van der Waals surface area (Å²) in [6.07, 6.45) is 3.77. The lowest BCUT2D eigenvalue weighted by molar-refractivity contribution is 0.185. The van der Waals surface area contributed by atoms with Gasteiger partial charge in [0, 0.05) is 25.3 Å². The molecule has 0 aromatic carbocycles. The maximum Gasteiger partial charge on any atom is 0.137 e. The summed E-state index contributed by atoms with van der Waals surface area (Å²) in [5.74, 6) is 1.52. The molecule has 1 unspecified atom stereocenters. The SMILES string of the molecule is Cc1c(Cl)ncnc1NCCC1CCOC1. The Morgan fingerprint density at radius 2 is 2.44 bits per heavy atom. The van der Waals surface area contributed by atoms with Gasteiger partial charge in [-0.2, -0.15) is 0 Å². The Balaban J connectivity index is 1.82. The molecule has 5 heteroatoms. The third-order valence-electron chi connectivity index (χ3n) is 2.89. The highest BCUT2D eigenvalue weighted by Gasteiger charge is 2.15. The second-order valence-corrected chi connectivity index (χ2v) is 4.44. The van der Waals surface area contributed by atoms with Crippen LogP contribution in [0.5, 0.6) is 0 Å². The van der Waals surface area contributed by atoms with E-state index < -0.39 is 0 Å². The van der Waals surface area contributed by atoms with Crippen LogP contribution in [-0.2, 0) is 4.74 Å². The first kappa shape index (κ1) is 11.6. The molecule has 4 nitrogen and oxygen atoms in total. The molecule has 1 aromatic rings. The molecule has 0 amide bonds. The predicted octanol–water partition coefficient (Wildman–Crippen LogP) is 2.28. The highest BCUT2D eigenvalue weighted by atomic mass is 35.5. The standard InChI is InChI=1S/C11H16ClN3O/c1-8-10(12)14-7-15-11(8)13-4-2-9-3-5-16-6-9/h7,9H,2-6H2,1H3,(H,13,14,15). The molecule has 16 heavy (non-hydrogen) atoms. The van der Waals surface area contributed by atoms with Crippen LogP contribution in [-0.4, -0.2) is 29.7 Å². The summed E-state index contributed by atoms with van der Waals surface area (Å²) < 4.78 is 5.33. The van der Waals surface area contributed by atoms with Crippen LogP contribution < -0.4 is 5.32 Å². The lowest BCUT2D eigenvalue weighted by Crippen LogP contribution is -2.11. The van der Waals surface area contributed by atoms with Gasteiger partial charge in [-0.3, -0.25) is 0 Å². The van der Waals surface area contributed by atoms with Gasteiger partial charge in [0.05, 0.1) is 0 Å². The van der Waals surface area contributed by atoms with Crippen molar-refractivity contribution < 1.29 is 4.74 Å². The minimum atomic E-state index is 0.515. The van der Waals surface area contributed by atoms with E-state index in [0.717, 1.165) is 37.6 Å². The number of anilines is 1. The van der Waals surface area contributed by atoms with Crippen LogP contribution >= 0.6 is 11.6 Å². The van der Waals surface area contributed by atoms with Crippen molar-refractivity contribution in [3.8, 4) is 0 Å². The molecule has 0 spiro atoms. The van der Waals surface area contributed by atoms with E-state index in [9.17, 15) is 0 Å². The monoisotopic (exact) mass is 241 g/mol. The van der Waals surface area contributed by atoms with Gasteiger partial charge in [0.25, 0.3) is 0 Å². The number of aromatic nitrogens is 2. The molecule has 1 aliphatic heterocycles. The first-order valence-electron chi connectivity index (χ1n) is 5.56. The molecule has 1 fully saturated rings. The smallest absolute Gasteiger partial charge is 0.137 e. The highest BCUT2D eigenvalue weighted by molar-refractivity contribution is 6.30. The summed E-state index contributed by atoms with van der Waals surface area (Å²) in [4.78, 5) is 8.08. The van der Waals surface area contributed by atoms with E-state index >= 15 is 0 Å². The molecule has 2 heterocycles. The van der Waals surface area contributed by atoms with Gasteiger partial charge >= 0.3 is 0 Å². The fraction of sp³-hybridized carbons (Fsp3) is 0.636. The molecule has 1 aliphatic rings. The fourth-order valence-corrected chi connectivity index (χ4v) is 1.95. The Labute approximate surface area is 100 Å². The van der Waals surface area contributed by atoms with Gasteiger partial charge in [0.2, 0.25) is 0 Å². The highest BCUT2D eigenvalue weighted by Crippen LogP contribution is 2.19. The number of halogens is 1. The van der Waals surface area contributed by atoms with Crippen LogP contribution in [0.25, 0.3) is 0 Å². The maximum absolute atomic E-state index is 5.91. The van der Waals surface area contributed by atoms with E-state index in [-0.39, 0.29) is 0 Å². The summed E-state index contributed by atoms with van der Waals surface area (Å²) in [6, 6.07) is 0. The molecule has 0 saturated carbocycles. The largest absolute Gasteiger partial charge is 0.381 e. The lowest BCUT2D eigenvalue weighted by Gasteiger charge is -2.11. The van der Waals surface area contributed by atoms with Gasteiger partial charge in [-0.1, -0.05) is 11.6 Å². The van der Waals surface area contributed by atoms with Gasteiger partial charge in [0.15, 0.2) is 0 Å². The van der Waals surface area contributed by atoms with Gasteiger partial charge < -0.3 is 10.1 Å². The number of nitrogens with zero attached hydrogens (tertiary/aromatic N) is 2. The molecular weight excluding hydrogens is 226 g/mol. The van der Waals surface area contributed by atoms with Crippen LogP contribution in [0.1, 0.15) is 18.4 Å². The van der Waals surface area contributed by atoms with E-state index in [0.29, 0.717) is 11.1 Å². The van der Waals surface area contributed by atoms with Crippen molar-refractivity contribution in [1.82, 2.24) is 9.97 Å². The van der Waals surface area contributed by atoms with E-state index in [1.54, 1.807) is 0 Å². The number of rotatable bonds is 4. The quantitative estimate of drug-likeness (QED) is 0.822. The van der Waals surface area contributed by atoms with Crippen molar-refractivity contribution in [2.75, 3.05) is 25.1 Å². The Kier molecular flexibility index (Phi) is 3.96. The summed E-state index contributed by atoms with van der Waals surface area (Å²) in [6.45, 7) is 4.62. The average Bonchev–Trinajstić information content (AvgIpc) is 2.77. The zero-order chi connectivity index (χ0) is 11.4. The molecule has 0 radical (unpaired) electrons. The summed E-state index contributed by atoms with van der Waals surface area (Å²) in [5.41, 5.74) is 0.909. The Hall–Kier alpha value is -0.870. The van der Waals surface area contributed by atoms with Gasteiger partial charge in [-0.15, -0.1) is 0 Å². The second-order valence-electron chi connectivity index (χ2n) is 4.08. The molecular formula is C11H16ClN3O. The Morgan fingerprint density at radius 1 is 1.56 bits per heavy atom. The fourth-order valence-electron chi connectivity index (χ4n) is 1.81. The molecule has 1 N–H and O–H groups in total. The topological polar surface area (TPSA) is 47.0 Å². The van der Waals surface area contributed by atoms with Crippen molar-refractivity contribution in [1.29, 1.82) is 0 Å². The van der Waals surface area contributed by atoms with Gasteiger partial charge in [-0.05, 0) is 25.7 Å². The number of hydrogen-bond donors (Lipinski definition) is 1. The van der Waals surface area contributed by atoms with Crippen molar-refractivity contribution in [3.05, 3.63) is 17.0 Å². The van der Waals surface area contributed by atoms with E-state index in [1.165, 1.54) is 12.7 Å². The molecule has 1 atom stereocenters. The summed E-state index contributed by atoms with van der Waals surface area (Å²) >= 11 is 5.91. The van der Waals surface area contributed by atoms with Crippen LogP contribution in [0.15, 0.2) is 6.33 Å². The summed E-state index contributed by atoms with van der Waals surface area (Å²) in [5, 5.41) is 3.80. The number of ether oxygens (including phenoxy) is 1. The molecule has 88 valence electrons. The maximum atomic E-state index is 5.91. The number of nitrogens with one attached hydrogen (secondary N) is 1. The van der Waals surface area contributed by atoms with Crippen molar-refractivity contribution in [3.63, 3.8) is 0 Å². The first-order chi connectivity index (χ1) is 7.77. The first-order valence-corrected chi connectivity index (χ1v) is 5.94. The van der Waals surface area contributed by atoms with Crippen LogP contribution in [0.4, 0.5) is 5.82 Å². The molecule has 0 aliphatic carbocycles. The molecule has 0 bridgehead atoms. The van der Waals surface area contributed by atoms with Crippen LogP contribution in [0.2, 0.25) is 5.15 Å². The third-order valence-corrected chi connectivity index (χ3v) is 3.27. The number of hydrogen-bond acceptors (Lipinski definition) is 4. The molecule has 1 aromatic heterocycles. The average molecular weight is 242 g/mol. The Morgan fingerprint density at radius 3 is 3.19 bits per heavy atom. The van der Waals surface area contributed by atoms with E-state index in [1.807, 2.05) is 6.92 Å². The van der Waals surface area contributed by atoms with Crippen molar-refractivity contribution in [2.45, 2.75) is 19.8 Å². The normalized spacial score (nSPS) is 20.0. The van der Waals surface area contributed by atoms with Crippen molar-refractivity contribution in [2.24, 2.45) is 5.92 Å². The van der Waals surface area contributed by atoms with Gasteiger partial charge in [0.1, 0.15) is 17.3 Å². The predicted molar refractivity (Wildman–Crippen MR) is 63.8 cm³/mol. The van der Waals surface area contributed by atoms with Crippen LogP contribution in [0, 0.1) is 12.8 Å². The summed E-state index contributed by atoms with van der Waals surface area (Å²) in [7, 11) is 0. The van der Waals surface area contributed by atoms with E-state index in [2.05, 4.69) is 15.3 Å². The zero-order valence-corrected chi connectivity index (χ0v) is 10.1. The minimum Gasteiger partial charge on any atom is -0.381 e. The van der Waals surface area contributed by atoms with Crippen molar-refractivity contribution >= 4 is 17.4 Å².